The number of nitrogens with two attached hydrogens (primary N) is 1. The maximum Gasteiger partial charge on any atom is 0.249 e. The number of amides is 1. The molecule has 0 unspecified atom stereocenters. The van der Waals surface area contributed by atoms with E-state index < -0.39 is 22.5 Å². The fourth-order valence-corrected chi connectivity index (χ4v) is 4.01. The monoisotopic (exact) mass is 383 g/mol. The minimum Gasteiger partial charge on any atom is -0.495 e. The highest BCUT2D eigenvalue weighted by Crippen LogP contribution is 2.30. The first kappa shape index (κ1) is 19.2. The molecule has 2 aromatic carbocycles. The molecule has 25 heavy (non-hydrogen) atoms. The van der Waals surface area contributed by atoms with Crippen molar-refractivity contribution in [2.24, 2.45) is 5.84 Å². The predicted molar refractivity (Wildman–Crippen MR) is 94.4 cm³/mol. The van der Waals surface area contributed by atoms with Crippen molar-refractivity contribution in [3.05, 3.63) is 59.1 Å². The lowest BCUT2D eigenvalue weighted by atomic mass is 10.2. The van der Waals surface area contributed by atoms with Crippen LogP contribution in [0.4, 0.5) is 0 Å². The van der Waals surface area contributed by atoms with Crippen LogP contribution in [0.15, 0.2) is 53.4 Å². The van der Waals surface area contributed by atoms with E-state index in [1.165, 1.54) is 25.3 Å². The smallest absolute Gasteiger partial charge is 0.249 e. The molecule has 0 fully saturated rings. The van der Waals surface area contributed by atoms with Crippen LogP contribution in [0.2, 0.25) is 5.02 Å². The number of sulfonamides is 1. The molecule has 0 atom stereocenters. The highest BCUT2D eigenvalue weighted by molar-refractivity contribution is 7.89. The minimum atomic E-state index is -4.06. The topological polar surface area (TPSA) is 102 Å². The van der Waals surface area contributed by atoms with Gasteiger partial charge < -0.3 is 4.74 Å². The molecular formula is C16H18ClN3O4S. The molecule has 2 aromatic rings. The number of hydrazine groups is 1. The van der Waals surface area contributed by atoms with Crippen LogP contribution in [0, 0.1) is 0 Å². The third-order valence-corrected chi connectivity index (χ3v) is 5.47. The number of carbonyl (C=O) groups is 1. The quantitative estimate of drug-likeness (QED) is 0.429. The molecule has 2 rings (SSSR count). The van der Waals surface area contributed by atoms with Crippen LogP contribution in [-0.2, 0) is 21.4 Å². The Bertz CT molecular complexity index is 844. The molecule has 0 spiro atoms. The maximum atomic E-state index is 13.1. The van der Waals surface area contributed by atoms with E-state index >= 15 is 0 Å². The molecule has 7 nitrogen and oxygen atoms in total. The van der Waals surface area contributed by atoms with Crippen LogP contribution in [0.1, 0.15) is 5.56 Å². The van der Waals surface area contributed by atoms with Gasteiger partial charge in [0.2, 0.25) is 15.9 Å². The molecule has 0 saturated carbocycles. The van der Waals surface area contributed by atoms with Crippen molar-refractivity contribution < 1.29 is 17.9 Å². The van der Waals surface area contributed by atoms with Gasteiger partial charge in [-0.05, 0) is 23.8 Å². The summed E-state index contributed by atoms with van der Waals surface area (Å²) < 4.78 is 32.3. The summed E-state index contributed by atoms with van der Waals surface area (Å²) in [5.41, 5.74) is 2.66. The van der Waals surface area contributed by atoms with E-state index in [1.807, 2.05) is 11.5 Å². The molecule has 134 valence electrons. The number of ether oxygens (including phenoxy) is 1. The molecule has 0 heterocycles. The van der Waals surface area contributed by atoms with Gasteiger partial charge >= 0.3 is 0 Å². The molecule has 3 N–H and O–H groups in total. The second kappa shape index (κ2) is 8.30. The Hall–Kier alpha value is -2.13. The lowest BCUT2D eigenvalue weighted by Gasteiger charge is -2.22. The van der Waals surface area contributed by atoms with Crippen molar-refractivity contribution in [3.63, 3.8) is 0 Å². The summed E-state index contributed by atoms with van der Waals surface area (Å²) in [5, 5.41) is 0.238. The lowest BCUT2D eigenvalue weighted by molar-refractivity contribution is -0.121. The highest BCUT2D eigenvalue weighted by Gasteiger charge is 2.29. The van der Waals surface area contributed by atoms with E-state index in [0.29, 0.717) is 0 Å². The first-order chi connectivity index (χ1) is 11.9. The number of benzene rings is 2. The summed E-state index contributed by atoms with van der Waals surface area (Å²) in [4.78, 5) is 11.6. The second-order valence-corrected chi connectivity index (χ2v) is 7.46. The van der Waals surface area contributed by atoms with Gasteiger partial charge in [0.1, 0.15) is 10.6 Å². The Kier molecular flexibility index (Phi) is 6.38. The number of hydrogen-bond donors (Lipinski definition) is 2. The van der Waals surface area contributed by atoms with E-state index in [-0.39, 0.29) is 22.2 Å². The Morgan fingerprint density at radius 1 is 1.24 bits per heavy atom. The summed E-state index contributed by atoms with van der Waals surface area (Å²) in [7, 11) is -2.70. The lowest BCUT2D eigenvalue weighted by Crippen LogP contribution is -2.42. The average Bonchev–Trinajstić information content (AvgIpc) is 2.61. The largest absolute Gasteiger partial charge is 0.495 e. The van der Waals surface area contributed by atoms with Crippen LogP contribution < -0.4 is 16.0 Å². The van der Waals surface area contributed by atoms with Crippen molar-refractivity contribution in [1.82, 2.24) is 9.73 Å². The van der Waals surface area contributed by atoms with E-state index in [4.69, 9.17) is 22.2 Å². The number of carbonyl (C=O) groups excluding carboxylic acids is 1. The van der Waals surface area contributed by atoms with Crippen LogP contribution in [0.25, 0.3) is 0 Å². The summed E-state index contributed by atoms with van der Waals surface area (Å²) in [6, 6.07) is 13.2. The molecule has 1 amide bonds. The van der Waals surface area contributed by atoms with Gasteiger partial charge in [-0.1, -0.05) is 41.9 Å². The van der Waals surface area contributed by atoms with Gasteiger partial charge in [0.15, 0.2) is 0 Å². The van der Waals surface area contributed by atoms with Gasteiger partial charge in [-0.25, -0.2) is 14.3 Å². The van der Waals surface area contributed by atoms with Crippen molar-refractivity contribution in [1.29, 1.82) is 0 Å². The Balaban J connectivity index is 2.47. The first-order valence-electron chi connectivity index (χ1n) is 7.25. The van der Waals surface area contributed by atoms with E-state index in [1.54, 1.807) is 24.3 Å². The maximum absolute atomic E-state index is 13.1. The fraction of sp³-hybridized carbons (Fsp3) is 0.188. The molecule has 0 bridgehead atoms. The Morgan fingerprint density at radius 2 is 1.92 bits per heavy atom. The molecule has 0 radical (unpaired) electrons. The predicted octanol–water partition coefficient (Wildman–Crippen LogP) is 1.53. The van der Waals surface area contributed by atoms with E-state index in [0.717, 1.165) is 9.87 Å². The zero-order valence-corrected chi connectivity index (χ0v) is 15.0. The van der Waals surface area contributed by atoms with Crippen molar-refractivity contribution in [2.45, 2.75) is 11.4 Å². The zero-order valence-electron chi connectivity index (χ0n) is 13.5. The number of nitrogens with one attached hydrogen (secondary N) is 1. The van der Waals surface area contributed by atoms with Gasteiger partial charge in [-0.3, -0.25) is 10.2 Å². The molecule has 0 aliphatic carbocycles. The molecule has 0 aliphatic rings. The SMILES string of the molecule is COc1ccc(Cl)cc1S(=O)(=O)N(CC(=O)NN)Cc1ccccc1. The fourth-order valence-electron chi connectivity index (χ4n) is 2.21. The molecule has 9 heteroatoms. The summed E-state index contributed by atoms with van der Waals surface area (Å²) in [6.07, 6.45) is 0. The molecule has 0 aromatic heterocycles. The number of rotatable bonds is 7. The van der Waals surface area contributed by atoms with Crippen molar-refractivity contribution in [3.8, 4) is 5.75 Å². The zero-order chi connectivity index (χ0) is 18.4. The Labute approximate surface area is 151 Å². The summed E-state index contributed by atoms with van der Waals surface area (Å²) in [5.74, 6) is 4.61. The second-order valence-electron chi connectivity index (χ2n) is 5.12. The van der Waals surface area contributed by atoms with Gasteiger partial charge in [-0.2, -0.15) is 4.31 Å². The van der Waals surface area contributed by atoms with Gasteiger partial charge in [0, 0.05) is 11.6 Å². The van der Waals surface area contributed by atoms with Crippen molar-refractivity contribution >= 4 is 27.5 Å². The third kappa shape index (κ3) is 4.70. The first-order valence-corrected chi connectivity index (χ1v) is 9.07. The third-order valence-electron chi connectivity index (χ3n) is 3.43. The molecule has 0 saturated heterocycles. The van der Waals surface area contributed by atoms with E-state index in [9.17, 15) is 13.2 Å². The van der Waals surface area contributed by atoms with Crippen LogP contribution in [-0.4, -0.2) is 32.3 Å². The van der Waals surface area contributed by atoms with Crippen LogP contribution in [0.5, 0.6) is 5.75 Å². The number of methoxy groups -OCH3 is 1. The van der Waals surface area contributed by atoms with Crippen molar-refractivity contribution in [2.75, 3.05) is 13.7 Å². The normalized spacial score (nSPS) is 11.4. The average molecular weight is 384 g/mol. The summed E-state index contributed by atoms with van der Waals surface area (Å²) in [6.45, 7) is -0.449. The number of hydrogen-bond acceptors (Lipinski definition) is 5. The Morgan fingerprint density at radius 3 is 2.52 bits per heavy atom. The summed E-state index contributed by atoms with van der Waals surface area (Å²) >= 11 is 5.94. The van der Waals surface area contributed by atoms with E-state index in [2.05, 4.69) is 0 Å². The van der Waals surface area contributed by atoms with Gasteiger partial charge in [0.25, 0.3) is 0 Å². The molecular weight excluding hydrogens is 366 g/mol. The van der Waals surface area contributed by atoms with Crippen LogP contribution >= 0.6 is 11.6 Å². The highest BCUT2D eigenvalue weighted by atomic mass is 35.5. The van der Waals surface area contributed by atoms with Crippen LogP contribution in [0.3, 0.4) is 0 Å². The number of halogens is 1. The minimum absolute atomic E-state index is 0.00768. The standard InChI is InChI=1S/C16H18ClN3O4S/c1-24-14-8-7-13(17)9-15(14)25(22,23)20(11-16(21)19-18)10-12-5-3-2-4-6-12/h2-9H,10-11,18H2,1H3,(H,19,21). The molecule has 0 aliphatic heterocycles. The van der Waals surface area contributed by atoms with Gasteiger partial charge in [0.05, 0.1) is 13.7 Å². The number of nitrogens with zero attached hydrogens (tertiary/aromatic N) is 1. The van der Waals surface area contributed by atoms with Gasteiger partial charge in [-0.15, -0.1) is 0 Å².